The summed E-state index contributed by atoms with van der Waals surface area (Å²) in [5.41, 5.74) is 6.32. The lowest BCUT2D eigenvalue weighted by Gasteiger charge is -2.36. The standard InChI is InChI=1S/C14H20N4O/c1-13(2,14(3,4)15)12(19)17-10-7-5-6-9-8-16-18-11(9)10/h5-8H,15H2,1-4H3,(H,16,18)(H,17,19). The number of benzene rings is 1. The number of aromatic nitrogens is 2. The van der Waals surface area contributed by atoms with Crippen LogP contribution in [0.4, 0.5) is 5.69 Å². The molecule has 2 rings (SSSR count). The van der Waals surface area contributed by atoms with E-state index in [4.69, 9.17) is 5.73 Å². The van der Waals surface area contributed by atoms with Crippen molar-refractivity contribution in [1.82, 2.24) is 10.2 Å². The van der Waals surface area contributed by atoms with Gasteiger partial charge in [0.05, 0.1) is 22.8 Å². The minimum absolute atomic E-state index is 0.109. The maximum Gasteiger partial charge on any atom is 0.231 e. The molecule has 0 atom stereocenters. The van der Waals surface area contributed by atoms with E-state index in [2.05, 4.69) is 15.5 Å². The first-order chi connectivity index (χ1) is 8.73. The molecule has 5 heteroatoms. The third-order valence-corrected chi connectivity index (χ3v) is 3.90. The van der Waals surface area contributed by atoms with Crippen molar-refractivity contribution in [1.29, 1.82) is 0 Å². The highest BCUT2D eigenvalue weighted by atomic mass is 16.2. The van der Waals surface area contributed by atoms with Gasteiger partial charge in [-0.3, -0.25) is 9.89 Å². The number of fused-ring (bicyclic) bond motifs is 1. The highest BCUT2D eigenvalue weighted by Crippen LogP contribution is 2.31. The number of nitrogens with one attached hydrogen (secondary N) is 2. The predicted octanol–water partition coefficient (Wildman–Crippen LogP) is 2.26. The predicted molar refractivity (Wildman–Crippen MR) is 76.8 cm³/mol. The summed E-state index contributed by atoms with van der Waals surface area (Å²) >= 11 is 0. The van der Waals surface area contributed by atoms with Crippen molar-refractivity contribution < 1.29 is 4.79 Å². The number of rotatable bonds is 3. The van der Waals surface area contributed by atoms with E-state index in [1.165, 1.54) is 0 Å². The van der Waals surface area contributed by atoms with Gasteiger partial charge in [-0.1, -0.05) is 12.1 Å². The Hall–Kier alpha value is -1.88. The van der Waals surface area contributed by atoms with Crippen molar-refractivity contribution in [3.8, 4) is 0 Å². The molecule has 2 aromatic rings. The number of anilines is 1. The average Bonchev–Trinajstić information content (AvgIpc) is 2.76. The van der Waals surface area contributed by atoms with Gasteiger partial charge in [0.15, 0.2) is 0 Å². The lowest BCUT2D eigenvalue weighted by Crippen LogP contribution is -2.53. The van der Waals surface area contributed by atoms with Gasteiger partial charge in [0.1, 0.15) is 0 Å². The Morgan fingerprint density at radius 2 is 2.00 bits per heavy atom. The first-order valence-electron chi connectivity index (χ1n) is 6.26. The van der Waals surface area contributed by atoms with Gasteiger partial charge in [-0.2, -0.15) is 5.10 Å². The van der Waals surface area contributed by atoms with Crippen LogP contribution in [-0.4, -0.2) is 21.6 Å². The summed E-state index contributed by atoms with van der Waals surface area (Å²) in [7, 11) is 0. The Bertz CT molecular complexity index is 607. The van der Waals surface area contributed by atoms with Crippen molar-refractivity contribution in [3.63, 3.8) is 0 Å². The number of carbonyl (C=O) groups is 1. The zero-order valence-corrected chi connectivity index (χ0v) is 11.7. The first-order valence-corrected chi connectivity index (χ1v) is 6.26. The fraction of sp³-hybridized carbons (Fsp3) is 0.429. The molecule has 0 saturated heterocycles. The summed E-state index contributed by atoms with van der Waals surface area (Å²) in [6, 6.07) is 5.67. The van der Waals surface area contributed by atoms with E-state index in [9.17, 15) is 4.79 Å². The Labute approximate surface area is 112 Å². The second-order valence-corrected chi connectivity index (χ2v) is 5.94. The largest absolute Gasteiger partial charge is 0.325 e. The van der Waals surface area contributed by atoms with Gasteiger partial charge in [0, 0.05) is 10.9 Å². The van der Waals surface area contributed by atoms with Gasteiger partial charge in [-0.25, -0.2) is 0 Å². The summed E-state index contributed by atoms with van der Waals surface area (Å²) in [5.74, 6) is -0.109. The monoisotopic (exact) mass is 260 g/mol. The van der Waals surface area contributed by atoms with E-state index in [1.54, 1.807) is 6.20 Å². The molecule has 0 aliphatic heterocycles. The molecule has 4 N–H and O–H groups in total. The number of para-hydroxylation sites is 1. The molecule has 0 bridgehead atoms. The van der Waals surface area contributed by atoms with Crippen LogP contribution in [0.2, 0.25) is 0 Å². The number of amides is 1. The molecule has 5 nitrogen and oxygen atoms in total. The van der Waals surface area contributed by atoms with E-state index in [0.29, 0.717) is 0 Å². The molecule has 102 valence electrons. The van der Waals surface area contributed by atoms with Crippen LogP contribution in [0, 0.1) is 5.41 Å². The Morgan fingerprint density at radius 1 is 1.32 bits per heavy atom. The van der Waals surface area contributed by atoms with Gasteiger partial charge < -0.3 is 11.1 Å². The zero-order valence-electron chi connectivity index (χ0n) is 11.7. The van der Waals surface area contributed by atoms with Gasteiger partial charge >= 0.3 is 0 Å². The van der Waals surface area contributed by atoms with Crippen LogP contribution in [-0.2, 0) is 4.79 Å². The molecule has 0 fully saturated rings. The topological polar surface area (TPSA) is 83.8 Å². The van der Waals surface area contributed by atoms with E-state index >= 15 is 0 Å². The van der Waals surface area contributed by atoms with Crippen molar-refractivity contribution in [2.24, 2.45) is 11.1 Å². The normalized spacial score (nSPS) is 12.7. The summed E-state index contributed by atoms with van der Waals surface area (Å²) in [4.78, 5) is 12.4. The Kier molecular flexibility index (Phi) is 3.10. The molecule has 0 unspecified atom stereocenters. The molecule has 0 saturated carbocycles. The van der Waals surface area contributed by atoms with Crippen LogP contribution in [0.3, 0.4) is 0 Å². The van der Waals surface area contributed by atoms with E-state index in [1.807, 2.05) is 45.9 Å². The fourth-order valence-electron chi connectivity index (χ4n) is 1.64. The Morgan fingerprint density at radius 3 is 2.63 bits per heavy atom. The van der Waals surface area contributed by atoms with Crippen molar-refractivity contribution in [2.45, 2.75) is 33.2 Å². The smallest absolute Gasteiger partial charge is 0.231 e. The lowest BCUT2D eigenvalue weighted by molar-refractivity contribution is -0.126. The van der Waals surface area contributed by atoms with Crippen LogP contribution in [0.1, 0.15) is 27.7 Å². The maximum atomic E-state index is 12.4. The second kappa shape index (κ2) is 4.35. The molecular weight excluding hydrogens is 240 g/mol. The number of nitrogens with two attached hydrogens (primary N) is 1. The molecule has 1 heterocycles. The molecule has 1 amide bonds. The SMILES string of the molecule is CC(C)(N)C(C)(C)C(=O)Nc1cccc2cn[nH]c12. The third kappa shape index (κ3) is 2.33. The number of hydrogen-bond acceptors (Lipinski definition) is 3. The molecule has 1 aromatic carbocycles. The van der Waals surface area contributed by atoms with Crippen molar-refractivity contribution in [2.75, 3.05) is 5.32 Å². The summed E-state index contributed by atoms with van der Waals surface area (Å²) in [6.07, 6.45) is 1.73. The molecular formula is C14H20N4O. The third-order valence-electron chi connectivity index (χ3n) is 3.90. The lowest BCUT2D eigenvalue weighted by atomic mass is 9.74. The summed E-state index contributed by atoms with van der Waals surface area (Å²) < 4.78 is 0. The van der Waals surface area contributed by atoms with Crippen molar-refractivity contribution in [3.05, 3.63) is 24.4 Å². The van der Waals surface area contributed by atoms with E-state index in [0.717, 1.165) is 16.6 Å². The van der Waals surface area contributed by atoms with Crippen LogP contribution in [0.15, 0.2) is 24.4 Å². The number of nitrogens with zero attached hydrogens (tertiary/aromatic N) is 1. The molecule has 0 aliphatic rings. The number of H-pyrrole nitrogens is 1. The summed E-state index contributed by atoms with van der Waals surface area (Å²) in [5, 5.41) is 10.8. The molecule has 0 aliphatic carbocycles. The van der Waals surface area contributed by atoms with Gasteiger partial charge in [0.25, 0.3) is 0 Å². The van der Waals surface area contributed by atoms with Crippen LogP contribution in [0.5, 0.6) is 0 Å². The highest BCUT2D eigenvalue weighted by molar-refractivity contribution is 6.02. The average molecular weight is 260 g/mol. The molecule has 0 spiro atoms. The highest BCUT2D eigenvalue weighted by Gasteiger charge is 2.40. The van der Waals surface area contributed by atoms with Gasteiger partial charge in [-0.05, 0) is 33.8 Å². The van der Waals surface area contributed by atoms with Gasteiger partial charge in [-0.15, -0.1) is 0 Å². The Balaban J connectivity index is 2.31. The van der Waals surface area contributed by atoms with Crippen molar-refractivity contribution >= 4 is 22.5 Å². The minimum Gasteiger partial charge on any atom is -0.325 e. The van der Waals surface area contributed by atoms with Gasteiger partial charge in [0.2, 0.25) is 5.91 Å². The minimum atomic E-state index is -0.685. The van der Waals surface area contributed by atoms with Crippen LogP contribution in [0.25, 0.3) is 10.9 Å². The summed E-state index contributed by atoms with van der Waals surface area (Å²) in [6.45, 7) is 7.39. The fourth-order valence-corrected chi connectivity index (χ4v) is 1.64. The quantitative estimate of drug-likeness (QED) is 0.791. The second-order valence-electron chi connectivity index (χ2n) is 5.94. The van der Waals surface area contributed by atoms with Crippen LogP contribution >= 0.6 is 0 Å². The zero-order chi connectivity index (χ0) is 14.3. The number of hydrogen-bond donors (Lipinski definition) is 3. The molecule has 1 aromatic heterocycles. The maximum absolute atomic E-state index is 12.4. The molecule has 19 heavy (non-hydrogen) atoms. The molecule has 0 radical (unpaired) electrons. The number of aromatic amines is 1. The van der Waals surface area contributed by atoms with E-state index < -0.39 is 11.0 Å². The van der Waals surface area contributed by atoms with E-state index in [-0.39, 0.29) is 5.91 Å². The number of carbonyl (C=O) groups excluding carboxylic acids is 1. The first kappa shape index (κ1) is 13.5. The van der Waals surface area contributed by atoms with Crippen LogP contribution < -0.4 is 11.1 Å².